The molecule has 40 heavy (non-hydrogen) atoms. The first-order valence-electron chi connectivity index (χ1n) is 13.1. The van der Waals surface area contributed by atoms with Crippen molar-refractivity contribution < 1.29 is 26.3 Å². The summed E-state index contributed by atoms with van der Waals surface area (Å²) in [5.41, 5.74) is 3.46. The Morgan fingerprint density at radius 1 is 0.900 bits per heavy atom. The van der Waals surface area contributed by atoms with Crippen molar-refractivity contribution in [3.63, 3.8) is 0 Å². The minimum Gasteiger partial charge on any atom is -0.356 e. The minimum atomic E-state index is -4.03. The van der Waals surface area contributed by atoms with Crippen LogP contribution in [0.4, 0.5) is 0 Å². The summed E-state index contributed by atoms with van der Waals surface area (Å²) in [6.07, 6.45) is 1.19. The number of aryl methyl sites for hydroxylation is 3. The van der Waals surface area contributed by atoms with E-state index in [0.717, 1.165) is 22.0 Å². The van der Waals surface area contributed by atoms with Gasteiger partial charge in [0.05, 0.1) is 27.7 Å². The van der Waals surface area contributed by atoms with E-state index < -0.39 is 43.4 Å². The van der Waals surface area contributed by atoms with Gasteiger partial charge in [-0.15, -0.1) is 0 Å². The Morgan fingerprint density at radius 2 is 1.50 bits per heavy atom. The highest BCUT2D eigenvalue weighted by Crippen LogP contribution is 2.41. The number of sulfonamides is 1. The summed E-state index contributed by atoms with van der Waals surface area (Å²) >= 11 is 0. The first kappa shape index (κ1) is 28.5. The SMILES string of the molecule is CO[C@H]1C[C@@H](S(=O)(=O)c2ccc(C)cc2)[C@H]([C@@H](NS(=O)(=O)c2ccc(C)cc2)c2cn(C)c3ccccc23)CO1. The number of para-hydroxylation sites is 1. The Hall–Kier alpha value is -3.02. The van der Waals surface area contributed by atoms with Crippen molar-refractivity contribution in [3.05, 3.63) is 95.7 Å². The Morgan fingerprint density at radius 3 is 2.12 bits per heavy atom. The average molecular weight is 583 g/mol. The summed E-state index contributed by atoms with van der Waals surface area (Å²) in [7, 11) is -4.57. The zero-order valence-electron chi connectivity index (χ0n) is 22.9. The predicted molar refractivity (Wildman–Crippen MR) is 154 cm³/mol. The van der Waals surface area contributed by atoms with E-state index in [-0.39, 0.29) is 22.8 Å². The Balaban J connectivity index is 1.66. The number of benzene rings is 3. The molecule has 2 heterocycles. The molecule has 10 heteroatoms. The van der Waals surface area contributed by atoms with Crippen molar-refractivity contribution in [2.75, 3.05) is 13.7 Å². The van der Waals surface area contributed by atoms with E-state index in [1.54, 1.807) is 48.5 Å². The zero-order chi connectivity index (χ0) is 28.7. The highest BCUT2D eigenvalue weighted by Gasteiger charge is 2.46. The smallest absolute Gasteiger partial charge is 0.241 e. The van der Waals surface area contributed by atoms with Crippen molar-refractivity contribution in [2.24, 2.45) is 13.0 Å². The maximum Gasteiger partial charge on any atom is 0.241 e. The summed E-state index contributed by atoms with van der Waals surface area (Å²) in [4.78, 5) is 0.288. The molecule has 0 saturated carbocycles. The summed E-state index contributed by atoms with van der Waals surface area (Å²) in [6.45, 7) is 3.76. The van der Waals surface area contributed by atoms with Crippen LogP contribution in [0, 0.1) is 19.8 Å². The highest BCUT2D eigenvalue weighted by atomic mass is 32.2. The third kappa shape index (κ3) is 5.46. The van der Waals surface area contributed by atoms with Crippen LogP contribution < -0.4 is 4.72 Å². The fourth-order valence-corrected chi connectivity index (χ4v) is 8.69. The average Bonchev–Trinajstić information content (AvgIpc) is 3.28. The molecule has 4 aromatic rings. The molecule has 212 valence electrons. The molecular weight excluding hydrogens is 548 g/mol. The Labute approximate surface area is 235 Å². The van der Waals surface area contributed by atoms with Crippen molar-refractivity contribution in [2.45, 2.75) is 47.6 Å². The van der Waals surface area contributed by atoms with Gasteiger partial charge in [-0.2, -0.15) is 0 Å². The topological polar surface area (TPSA) is 104 Å². The van der Waals surface area contributed by atoms with Crippen LogP contribution in [-0.4, -0.2) is 46.7 Å². The first-order valence-corrected chi connectivity index (χ1v) is 16.1. The van der Waals surface area contributed by atoms with Gasteiger partial charge < -0.3 is 14.0 Å². The second kappa shape index (κ2) is 11.1. The molecule has 0 bridgehead atoms. The number of nitrogens with zero attached hydrogens (tertiary/aromatic N) is 1. The lowest BCUT2D eigenvalue weighted by Gasteiger charge is -2.39. The summed E-state index contributed by atoms with van der Waals surface area (Å²) in [6, 6.07) is 20.1. The van der Waals surface area contributed by atoms with Crippen LogP contribution in [0.1, 0.15) is 29.2 Å². The number of fused-ring (bicyclic) bond motifs is 1. The molecule has 1 aromatic heterocycles. The van der Waals surface area contributed by atoms with E-state index in [1.165, 1.54) is 7.11 Å². The number of hydrogen-bond donors (Lipinski definition) is 1. The number of methoxy groups -OCH3 is 1. The van der Waals surface area contributed by atoms with Gasteiger partial charge in [0.2, 0.25) is 10.0 Å². The molecule has 1 N–H and O–H groups in total. The van der Waals surface area contributed by atoms with Gasteiger partial charge in [-0.3, -0.25) is 0 Å². The normalized spacial score (nSPS) is 20.9. The standard InChI is InChI=1S/C30H34N2O6S2/c1-20-9-13-22(14-10-20)39(33,34)28-17-29(37-4)38-19-26(28)30(25-18-32(3)27-8-6-5-7-24(25)27)31-40(35,36)23-15-11-21(2)12-16-23/h5-16,18,26,28-31H,17,19H2,1-4H3/t26-,28-,29-,30+/m1/s1. The van der Waals surface area contributed by atoms with Crippen LogP contribution in [0.3, 0.4) is 0 Å². The number of nitrogens with one attached hydrogen (secondary N) is 1. The van der Waals surface area contributed by atoms with Crippen molar-refractivity contribution >= 4 is 30.8 Å². The van der Waals surface area contributed by atoms with Crippen LogP contribution in [0.25, 0.3) is 10.9 Å². The molecule has 1 aliphatic heterocycles. The minimum absolute atomic E-state index is 0.0153. The van der Waals surface area contributed by atoms with Crippen molar-refractivity contribution in [3.8, 4) is 0 Å². The third-order valence-electron chi connectivity index (χ3n) is 7.69. The van der Waals surface area contributed by atoms with Gasteiger partial charge in [-0.25, -0.2) is 21.6 Å². The van der Waals surface area contributed by atoms with Gasteiger partial charge in [0, 0.05) is 43.6 Å². The predicted octanol–water partition coefficient (Wildman–Crippen LogP) is 4.67. The van der Waals surface area contributed by atoms with Gasteiger partial charge in [-0.1, -0.05) is 53.6 Å². The lowest BCUT2D eigenvalue weighted by atomic mass is 9.88. The van der Waals surface area contributed by atoms with Crippen molar-refractivity contribution in [1.82, 2.24) is 9.29 Å². The maximum atomic E-state index is 14.2. The van der Waals surface area contributed by atoms with E-state index in [2.05, 4.69) is 4.72 Å². The van der Waals surface area contributed by atoms with Gasteiger partial charge >= 0.3 is 0 Å². The number of hydrogen-bond acceptors (Lipinski definition) is 6. The van der Waals surface area contributed by atoms with E-state index >= 15 is 0 Å². The molecule has 0 amide bonds. The molecule has 8 nitrogen and oxygen atoms in total. The second-order valence-electron chi connectivity index (χ2n) is 10.4. The Kier molecular flexibility index (Phi) is 7.91. The van der Waals surface area contributed by atoms with Gasteiger partial charge in [-0.05, 0) is 49.7 Å². The van der Waals surface area contributed by atoms with E-state index in [0.29, 0.717) is 5.56 Å². The molecule has 1 saturated heterocycles. The molecule has 5 rings (SSSR count). The molecule has 0 radical (unpaired) electrons. The summed E-state index contributed by atoms with van der Waals surface area (Å²) in [5, 5.41) is -0.138. The van der Waals surface area contributed by atoms with Crippen LogP contribution in [0.5, 0.6) is 0 Å². The van der Waals surface area contributed by atoms with Crippen LogP contribution in [-0.2, 0) is 36.4 Å². The van der Waals surface area contributed by atoms with Gasteiger partial charge in [0.15, 0.2) is 16.1 Å². The second-order valence-corrected chi connectivity index (χ2v) is 14.3. The monoisotopic (exact) mass is 582 g/mol. The molecule has 1 fully saturated rings. The summed E-state index contributed by atoms with van der Waals surface area (Å²) in [5.74, 6) is -0.747. The van der Waals surface area contributed by atoms with Crippen molar-refractivity contribution in [1.29, 1.82) is 0 Å². The van der Waals surface area contributed by atoms with Gasteiger partial charge in [0.1, 0.15) is 0 Å². The molecular formula is C30H34N2O6S2. The molecule has 0 spiro atoms. The molecule has 4 atom stereocenters. The fraction of sp³-hybridized carbons (Fsp3) is 0.333. The fourth-order valence-electron chi connectivity index (χ4n) is 5.45. The molecule has 3 aromatic carbocycles. The van der Waals surface area contributed by atoms with E-state index in [4.69, 9.17) is 9.47 Å². The maximum absolute atomic E-state index is 14.2. The lowest BCUT2D eigenvalue weighted by molar-refractivity contribution is -0.161. The molecule has 0 unspecified atom stereocenters. The van der Waals surface area contributed by atoms with E-state index in [9.17, 15) is 16.8 Å². The Bertz CT molecular complexity index is 1710. The largest absolute Gasteiger partial charge is 0.356 e. The third-order valence-corrected chi connectivity index (χ3v) is 11.4. The number of sulfone groups is 1. The number of rotatable bonds is 8. The van der Waals surface area contributed by atoms with Crippen LogP contribution in [0.2, 0.25) is 0 Å². The zero-order valence-corrected chi connectivity index (χ0v) is 24.6. The molecule has 1 aliphatic rings. The van der Waals surface area contributed by atoms with Crippen LogP contribution >= 0.6 is 0 Å². The lowest BCUT2D eigenvalue weighted by Crippen LogP contribution is -2.49. The quantitative estimate of drug-likeness (QED) is 0.324. The number of ether oxygens (including phenoxy) is 2. The first-order chi connectivity index (χ1) is 19.0. The van der Waals surface area contributed by atoms with Gasteiger partial charge in [0.25, 0.3) is 0 Å². The number of aromatic nitrogens is 1. The summed E-state index contributed by atoms with van der Waals surface area (Å²) < 4.78 is 72.0. The van der Waals surface area contributed by atoms with Crippen LogP contribution in [0.15, 0.2) is 88.8 Å². The highest BCUT2D eigenvalue weighted by molar-refractivity contribution is 7.92. The molecule has 0 aliphatic carbocycles. The van der Waals surface area contributed by atoms with E-state index in [1.807, 2.05) is 55.9 Å².